The summed E-state index contributed by atoms with van der Waals surface area (Å²) < 4.78 is 3.38. The molecule has 10 nitrogen and oxygen atoms in total. The Balaban J connectivity index is 1.26. The third kappa shape index (κ3) is 4.29. The molecule has 1 aromatic carbocycles. The summed E-state index contributed by atoms with van der Waals surface area (Å²) in [7, 11) is 0. The number of aryl methyl sites for hydroxylation is 2. The molecule has 38 heavy (non-hydrogen) atoms. The molecule has 2 fully saturated rings. The third-order valence-corrected chi connectivity index (χ3v) is 7.62. The summed E-state index contributed by atoms with van der Waals surface area (Å²) in [5.41, 5.74) is 3.43. The van der Waals surface area contributed by atoms with Gasteiger partial charge in [-0.05, 0) is 56.4 Å². The summed E-state index contributed by atoms with van der Waals surface area (Å²) >= 11 is 0. The SMILES string of the molecule is CCn1ccc(CC(=O)[C@@H]2C[C@H]3C[C@H]3N2C(=O)Cn2nc(C(C)=O)c3cc(-c4cnc(C)nc4)ccc32)n1. The molecule has 3 atom stereocenters. The van der Waals surface area contributed by atoms with Gasteiger partial charge in [0.15, 0.2) is 11.6 Å². The van der Waals surface area contributed by atoms with Gasteiger partial charge in [-0.1, -0.05) is 6.07 Å². The Hall–Kier alpha value is -4.21. The van der Waals surface area contributed by atoms with Crippen LogP contribution in [0.4, 0.5) is 0 Å². The Morgan fingerprint density at radius 2 is 1.82 bits per heavy atom. The second kappa shape index (κ2) is 9.27. The van der Waals surface area contributed by atoms with Gasteiger partial charge in [0.25, 0.3) is 0 Å². The number of amides is 1. The van der Waals surface area contributed by atoms with Gasteiger partial charge in [0.2, 0.25) is 5.91 Å². The van der Waals surface area contributed by atoms with E-state index >= 15 is 0 Å². The van der Waals surface area contributed by atoms with E-state index in [1.54, 1.807) is 26.7 Å². The van der Waals surface area contributed by atoms with E-state index in [2.05, 4.69) is 20.2 Å². The highest BCUT2D eigenvalue weighted by Crippen LogP contribution is 2.48. The topological polar surface area (TPSA) is 116 Å². The fraction of sp³-hybridized carbons (Fsp3) is 0.393. The van der Waals surface area contributed by atoms with Crippen molar-refractivity contribution in [2.45, 2.75) is 65.2 Å². The minimum absolute atomic E-state index is 0.0200. The molecule has 1 saturated carbocycles. The second-order valence-electron chi connectivity index (χ2n) is 10.2. The van der Waals surface area contributed by atoms with Crippen LogP contribution in [0.3, 0.4) is 0 Å². The molecule has 0 bridgehead atoms. The standard InChI is InChI=1S/C28H29N7O3/c1-4-33-8-7-21(31-33)12-26(37)25-11-19-10-24(19)35(25)27(38)15-34-23-6-5-18(20-13-29-17(3)30-14-20)9-22(23)28(32-34)16(2)36/h5-9,13-14,19,24-25H,4,10-12,15H2,1-3H3/t19-,24-,25+/m1/s1. The first kappa shape index (κ1) is 24.1. The number of likely N-dealkylation sites (tertiary alicyclic amines) is 1. The van der Waals surface area contributed by atoms with Crippen molar-refractivity contribution in [1.29, 1.82) is 0 Å². The van der Waals surface area contributed by atoms with Crippen molar-refractivity contribution in [3.8, 4) is 11.1 Å². The van der Waals surface area contributed by atoms with Gasteiger partial charge in [-0.15, -0.1) is 0 Å². The van der Waals surface area contributed by atoms with Crippen LogP contribution in [0.2, 0.25) is 0 Å². The average Bonchev–Trinajstić information content (AvgIpc) is 3.22. The normalized spacial score (nSPS) is 20.1. The van der Waals surface area contributed by atoms with Crippen molar-refractivity contribution in [3.63, 3.8) is 0 Å². The molecule has 4 heterocycles. The number of hydrogen-bond acceptors (Lipinski definition) is 7. The lowest BCUT2D eigenvalue weighted by Gasteiger charge is -2.26. The molecule has 0 radical (unpaired) electrons. The van der Waals surface area contributed by atoms with Crippen LogP contribution in [-0.4, -0.2) is 64.0 Å². The van der Waals surface area contributed by atoms with E-state index < -0.39 is 6.04 Å². The molecule has 1 saturated heterocycles. The Morgan fingerprint density at radius 1 is 1.03 bits per heavy atom. The fourth-order valence-corrected chi connectivity index (χ4v) is 5.56. The molecule has 1 aliphatic carbocycles. The Kier molecular flexibility index (Phi) is 5.89. The van der Waals surface area contributed by atoms with E-state index in [1.807, 2.05) is 44.3 Å². The highest BCUT2D eigenvalue weighted by molar-refractivity contribution is 6.06. The molecular formula is C28H29N7O3. The number of piperidine rings is 1. The maximum Gasteiger partial charge on any atom is 0.245 e. The van der Waals surface area contributed by atoms with Crippen LogP contribution in [0.1, 0.15) is 48.7 Å². The summed E-state index contributed by atoms with van der Waals surface area (Å²) in [4.78, 5) is 49.6. The number of rotatable bonds is 8. The molecule has 1 aliphatic heterocycles. The number of hydrogen-bond donors (Lipinski definition) is 0. The van der Waals surface area contributed by atoms with Crippen LogP contribution in [0.15, 0.2) is 42.9 Å². The smallest absolute Gasteiger partial charge is 0.245 e. The van der Waals surface area contributed by atoms with Crippen LogP contribution in [0.25, 0.3) is 22.0 Å². The lowest BCUT2D eigenvalue weighted by Crippen LogP contribution is -2.45. The van der Waals surface area contributed by atoms with Crippen molar-refractivity contribution in [1.82, 2.24) is 34.4 Å². The number of nitrogens with zero attached hydrogens (tertiary/aromatic N) is 7. The average molecular weight is 512 g/mol. The number of benzene rings is 1. The first-order chi connectivity index (χ1) is 18.3. The number of aromatic nitrogens is 6. The number of carbonyl (C=O) groups is 3. The fourth-order valence-electron chi connectivity index (χ4n) is 5.56. The van der Waals surface area contributed by atoms with Gasteiger partial charge in [-0.25, -0.2) is 9.97 Å². The van der Waals surface area contributed by atoms with E-state index in [0.29, 0.717) is 34.8 Å². The van der Waals surface area contributed by atoms with Crippen molar-refractivity contribution in [3.05, 3.63) is 60.1 Å². The Morgan fingerprint density at radius 3 is 2.53 bits per heavy atom. The van der Waals surface area contributed by atoms with E-state index in [-0.39, 0.29) is 36.5 Å². The van der Waals surface area contributed by atoms with Crippen LogP contribution in [-0.2, 0) is 29.1 Å². The number of ketones is 2. The summed E-state index contributed by atoms with van der Waals surface area (Å²) in [5.74, 6) is 0.747. The van der Waals surface area contributed by atoms with Gasteiger partial charge in [-0.3, -0.25) is 23.7 Å². The second-order valence-corrected chi connectivity index (χ2v) is 10.2. The molecule has 4 aromatic rings. The number of carbonyl (C=O) groups excluding carboxylic acids is 3. The number of fused-ring (bicyclic) bond motifs is 2. The molecule has 194 valence electrons. The van der Waals surface area contributed by atoms with Gasteiger partial charge >= 0.3 is 0 Å². The predicted molar refractivity (Wildman–Crippen MR) is 139 cm³/mol. The van der Waals surface area contributed by atoms with Crippen molar-refractivity contribution in [2.75, 3.05) is 0 Å². The zero-order valence-corrected chi connectivity index (χ0v) is 21.7. The van der Waals surface area contributed by atoms with Gasteiger partial charge in [-0.2, -0.15) is 10.2 Å². The van der Waals surface area contributed by atoms with E-state index in [4.69, 9.17) is 0 Å². The third-order valence-electron chi connectivity index (χ3n) is 7.62. The summed E-state index contributed by atoms with van der Waals surface area (Å²) in [6.45, 7) is 6.00. The Bertz CT molecular complexity index is 1570. The molecule has 2 aliphatic rings. The summed E-state index contributed by atoms with van der Waals surface area (Å²) in [6, 6.07) is 7.19. The first-order valence-electron chi connectivity index (χ1n) is 13.0. The van der Waals surface area contributed by atoms with Gasteiger partial charge in [0, 0.05) is 49.1 Å². The van der Waals surface area contributed by atoms with Crippen LogP contribution >= 0.6 is 0 Å². The minimum Gasteiger partial charge on any atom is -0.328 e. The summed E-state index contributed by atoms with van der Waals surface area (Å²) in [5, 5.41) is 9.64. The summed E-state index contributed by atoms with van der Waals surface area (Å²) in [6.07, 6.45) is 7.20. The monoisotopic (exact) mass is 511 g/mol. The largest absolute Gasteiger partial charge is 0.328 e. The lowest BCUT2D eigenvalue weighted by atomic mass is 10.0. The number of Topliss-reactive ketones (excluding diaryl/α,β-unsaturated/α-hetero) is 2. The van der Waals surface area contributed by atoms with Crippen molar-refractivity contribution >= 4 is 28.4 Å². The molecule has 1 amide bonds. The van der Waals surface area contributed by atoms with Crippen molar-refractivity contribution in [2.24, 2.45) is 5.92 Å². The minimum atomic E-state index is -0.444. The van der Waals surface area contributed by atoms with Gasteiger partial charge in [0.1, 0.15) is 18.1 Å². The van der Waals surface area contributed by atoms with Crippen molar-refractivity contribution < 1.29 is 14.4 Å². The highest BCUT2D eigenvalue weighted by atomic mass is 16.2. The quantitative estimate of drug-likeness (QED) is 0.334. The maximum absolute atomic E-state index is 13.6. The maximum atomic E-state index is 13.6. The molecule has 0 unspecified atom stereocenters. The molecular weight excluding hydrogens is 482 g/mol. The van der Waals surface area contributed by atoms with Crippen LogP contribution < -0.4 is 0 Å². The predicted octanol–water partition coefficient (Wildman–Crippen LogP) is 3.02. The van der Waals surface area contributed by atoms with Crippen LogP contribution in [0, 0.1) is 12.8 Å². The lowest BCUT2D eigenvalue weighted by molar-refractivity contribution is -0.139. The molecule has 0 N–H and O–H groups in total. The van der Waals surface area contributed by atoms with E-state index in [9.17, 15) is 14.4 Å². The molecule has 6 rings (SSSR count). The highest BCUT2D eigenvalue weighted by Gasteiger charge is 2.55. The van der Waals surface area contributed by atoms with E-state index in [0.717, 1.165) is 29.8 Å². The zero-order chi connectivity index (χ0) is 26.6. The van der Waals surface area contributed by atoms with Gasteiger partial charge < -0.3 is 4.90 Å². The van der Waals surface area contributed by atoms with E-state index in [1.165, 1.54) is 6.92 Å². The van der Waals surface area contributed by atoms with Gasteiger partial charge in [0.05, 0.1) is 23.7 Å². The molecule has 3 aromatic heterocycles. The Labute approximate surface area is 219 Å². The zero-order valence-electron chi connectivity index (χ0n) is 21.7. The van der Waals surface area contributed by atoms with Crippen LogP contribution in [0.5, 0.6) is 0 Å². The molecule has 10 heteroatoms. The molecule has 0 spiro atoms. The first-order valence-corrected chi connectivity index (χ1v) is 13.0.